The van der Waals surface area contributed by atoms with Crippen LogP contribution < -0.4 is 10.5 Å². The number of halogens is 1. The van der Waals surface area contributed by atoms with Gasteiger partial charge in [-0.3, -0.25) is 0 Å². The highest BCUT2D eigenvalue weighted by Crippen LogP contribution is 2.29. The molecule has 0 radical (unpaired) electrons. The summed E-state index contributed by atoms with van der Waals surface area (Å²) in [5.74, 6) is 0.731. The van der Waals surface area contributed by atoms with Crippen LogP contribution in [-0.2, 0) is 16.6 Å². The van der Waals surface area contributed by atoms with E-state index in [9.17, 15) is 8.42 Å². The van der Waals surface area contributed by atoms with E-state index in [4.69, 9.17) is 33.4 Å². The van der Waals surface area contributed by atoms with Gasteiger partial charge in [-0.05, 0) is 31.2 Å². The monoisotopic (exact) mass is 344 g/mol. The number of rotatable bonds is 5. The van der Waals surface area contributed by atoms with E-state index in [0.29, 0.717) is 22.7 Å². The number of hydrogen-bond donors (Lipinski definition) is 2. The van der Waals surface area contributed by atoms with Crippen LogP contribution in [0.1, 0.15) is 18.2 Å². The lowest BCUT2D eigenvalue weighted by atomic mass is 10.1. The summed E-state index contributed by atoms with van der Waals surface area (Å²) >= 11 is 11.1. The van der Waals surface area contributed by atoms with Gasteiger partial charge in [-0.25, -0.2) is 13.6 Å². The van der Waals surface area contributed by atoms with Gasteiger partial charge < -0.3 is 9.73 Å². The third-order valence-corrected chi connectivity index (χ3v) is 4.39. The minimum atomic E-state index is -3.90. The Morgan fingerprint density at radius 2 is 2.19 bits per heavy atom. The van der Waals surface area contributed by atoms with Gasteiger partial charge >= 0.3 is 0 Å². The number of hydrogen-bond acceptors (Lipinski definition) is 5. The summed E-state index contributed by atoms with van der Waals surface area (Å²) in [6, 6.07) is 6.47. The molecule has 3 N–H and O–H groups in total. The fourth-order valence-electron chi connectivity index (χ4n) is 1.80. The first-order valence-corrected chi connectivity index (χ1v) is 8.26. The van der Waals surface area contributed by atoms with E-state index in [1.54, 1.807) is 19.3 Å². The average Bonchev–Trinajstić information content (AvgIpc) is 2.87. The highest BCUT2D eigenvalue weighted by Gasteiger charge is 2.17. The first-order valence-electron chi connectivity index (χ1n) is 5.92. The van der Waals surface area contributed by atoms with Crippen molar-refractivity contribution >= 4 is 44.4 Å². The Kier molecular flexibility index (Phi) is 4.67. The quantitative estimate of drug-likeness (QED) is 0.643. The number of sulfonamides is 1. The van der Waals surface area contributed by atoms with Gasteiger partial charge in [0.05, 0.1) is 17.8 Å². The van der Waals surface area contributed by atoms with Crippen molar-refractivity contribution in [3.8, 4) is 0 Å². The largest absolute Gasteiger partial charge is 0.467 e. The number of nitrogens with two attached hydrogens (primary N) is 1. The van der Waals surface area contributed by atoms with Crippen LogP contribution in [0.2, 0.25) is 5.02 Å². The molecule has 0 spiro atoms. The molecule has 0 saturated carbocycles. The molecule has 0 saturated heterocycles. The third kappa shape index (κ3) is 3.82. The number of furan rings is 1. The van der Waals surface area contributed by atoms with Crippen molar-refractivity contribution < 1.29 is 12.8 Å². The van der Waals surface area contributed by atoms with E-state index in [0.717, 1.165) is 5.76 Å². The number of anilines is 1. The number of thiocarbonyl (C=S) groups is 1. The van der Waals surface area contributed by atoms with E-state index < -0.39 is 10.0 Å². The molecule has 0 atom stereocenters. The standard InChI is InChI=1S/C13H13ClN2O3S2/c1-8(20)10-5-13(21(15,17)18)11(14)6-12(10)16-7-9-3-2-4-19-9/h2-6,16H,7H2,1H3,(H2,15,17,18). The molecule has 1 aromatic carbocycles. The second-order valence-electron chi connectivity index (χ2n) is 4.36. The Labute approximate surface area is 133 Å². The van der Waals surface area contributed by atoms with Crippen molar-refractivity contribution in [2.24, 2.45) is 5.14 Å². The topological polar surface area (TPSA) is 85.3 Å². The molecule has 2 aromatic rings. The average molecular weight is 345 g/mol. The normalized spacial score (nSPS) is 11.4. The Bertz CT molecular complexity index is 771. The molecule has 0 aliphatic carbocycles. The van der Waals surface area contributed by atoms with E-state index in [1.807, 2.05) is 6.07 Å². The Hall–Kier alpha value is -1.41. The summed E-state index contributed by atoms with van der Waals surface area (Å²) in [4.78, 5) is 0.380. The summed E-state index contributed by atoms with van der Waals surface area (Å²) < 4.78 is 28.2. The molecule has 112 valence electrons. The number of primary sulfonamides is 1. The minimum absolute atomic E-state index is 0.0412. The van der Waals surface area contributed by atoms with Gasteiger partial charge in [0.2, 0.25) is 10.0 Å². The van der Waals surface area contributed by atoms with Crippen LogP contribution in [0, 0.1) is 0 Å². The minimum Gasteiger partial charge on any atom is -0.467 e. The van der Waals surface area contributed by atoms with E-state index in [2.05, 4.69) is 5.32 Å². The zero-order valence-electron chi connectivity index (χ0n) is 11.1. The van der Waals surface area contributed by atoms with Gasteiger partial charge in [-0.15, -0.1) is 0 Å². The van der Waals surface area contributed by atoms with Crippen LogP contribution in [0.15, 0.2) is 39.8 Å². The fraction of sp³-hybridized carbons (Fsp3) is 0.154. The maximum Gasteiger partial charge on any atom is 0.239 e. The highest BCUT2D eigenvalue weighted by molar-refractivity contribution is 7.89. The Morgan fingerprint density at radius 1 is 1.48 bits per heavy atom. The zero-order chi connectivity index (χ0) is 15.6. The maximum absolute atomic E-state index is 11.5. The number of nitrogens with one attached hydrogen (secondary N) is 1. The molecule has 8 heteroatoms. The van der Waals surface area contributed by atoms with Gasteiger partial charge in [0.15, 0.2) is 0 Å². The molecule has 0 fully saturated rings. The summed E-state index contributed by atoms with van der Waals surface area (Å²) in [5.41, 5.74) is 1.18. The lowest BCUT2D eigenvalue weighted by Gasteiger charge is -2.13. The third-order valence-electron chi connectivity index (χ3n) is 2.79. The lowest BCUT2D eigenvalue weighted by molar-refractivity contribution is 0.518. The lowest BCUT2D eigenvalue weighted by Crippen LogP contribution is -2.14. The van der Waals surface area contributed by atoms with Crippen molar-refractivity contribution in [1.29, 1.82) is 0 Å². The molecule has 5 nitrogen and oxygen atoms in total. The summed E-state index contributed by atoms with van der Waals surface area (Å²) in [6.45, 7) is 2.12. The van der Waals surface area contributed by atoms with E-state index in [1.165, 1.54) is 12.1 Å². The molecule has 0 amide bonds. The maximum atomic E-state index is 11.5. The predicted molar refractivity (Wildman–Crippen MR) is 86.2 cm³/mol. The summed E-state index contributed by atoms with van der Waals surface area (Å²) in [6.07, 6.45) is 1.57. The Morgan fingerprint density at radius 3 is 2.71 bits per heavy atom. The van der Waals surface area contributed by atoms with Crippen LogP contribution >= 0.6 is 23.8 Å². The first kappa shape index (κ1) is 16.0. The molecule has 0 aliphatic rings. The second-order valence-corrected chi connectivity index (χ2v) is 6.91. The molecule has 1 aromatic heterocycles. The molecule has 1 heterocycles. The van der Waals surface area contributed by atoms with Crippen molar-refractivity contribution in [2.75, 3.05) is 5.32 Å². The van der Waals surface area contributed by atoms with Gasteiger partial charge in [0.25, 0.3) is 0 Å². The van der Waals surface area contributed by atoms with Crippen molar-refractivity contribution in [3.63, 3.8) is 0 Å². The predicted octanol–water partition coefficient (Wildman–Crippen LogP) is 2.93. The van der Waals surface area contributed by atoms with Crippen LogP contribution in [0.4, 0.5) is 5.69 Å². The van der Waals surface area contributed by atoms with E-state index in [-0.39, 0.29) is 9.92 Å². The van der Waals surface area contributed by atoms with Gasteiger partial charge in [-0.1, -0.05) is 23.8 Å². The van der Waals surface area contributed by atoms with E-state index >= 15 is 0 Å². The van der Waals surface area contributed by atoms with Crippen LogP contribution in [0.5, 0.6) is 0 Å². The molecular weight excluding hydrogens is 332 g/mol. The van der Waals surface area contributed by atoms with Gasteiger partial charge in [-0.2, -0.15) is 0 Å². The summed E-state index contributed by atoms with van der Waals surface area (Å²) in [7, 11) is -3.90. The first-order chi connectivity index (χ1) is 9.79. The SMILES string of the molecule is CC(=S)c1cc(S(N)(=O)=O)c(Cl)cc1NCc1ccco1. The van der Waals surface area contributed by atoms with Gasteiger partial charge in [0.1, 0.15) is 10.7 Å². The fourth-order valence-corrected chi connectivity index (χ4v) is 3.07. The van der Waals surface area contributed by atoms with Crippen molar-refractivity contribution in [1.82, 2.24) is 0 Å². The molecular formula is C13H13ClN2O3S2. The van der Waals surface area contributed by atoms with Gasteiger partial charge in [0, 0.05) is 16.1 Å². The number of benzene rings is 1. The molecule has 0 unspecified atom stereocenters. The van der Waals surface area contributed by atoms with Crippen molar-refractivity contribution in [2.45, 2.75) is 18.4 Å². The van der Waals surface area contributed by atoms with Crippen LogP contribution in [0.25, 0.3) is 0 Å². The highest BCUT2D eigenvalue weighted by atomic mass is 35.5. The van der Waals surface area contributed by atoms with Crippen molar-refractivity contribution in [3.05, 3.63) is 46.9 Å². The van der Waals surface area contributed by atoms with Crippen LogP contribution in [0.3, 0.4) is 0 Å². The smallest absolute Gasteiger partial charge is 0.239 e. The second kappa shape index (κ2) is 6.15. The Balaban J connectivity index is 2.41. The molecule has 2 rings (SSSR count). The molecule has 21 heavy (non-hydrogen) atoms. The molecule has 0 aliphatic heterocycles. The zero-order valence-corrected chi connectivity index (χ0v) is 13.5. The van der Waals surface area contributed by atoms with Crippen LogP contribution in [-0.4, -0.2) is 13.3 Å². The molecule has 0 bridgehead atoms. The summed E-state index contributed by atoms with van der Waals surface area (Å²) in [5, 5.41) is 8.29.